The lowest BCUT2D eigenvalue weighted by Crippen LogP contribution is -2.68. The molecule has 1 aliphatic heterocycles. The third kappa shape index (κ3) is 2.83. The fraction of sp³-hybridized carbons (Fsp3) is 0.571. The van der Waals surface area contributed by atoms with Crippen LogP contribution in [0, 0.1) is 17.8 Å². The van der Waals surface area contributed by atoms with Crippen LogP contribution in [0.15, 0.2) is 36.4 Å². The third-order valence-electron chi connectivity index (χ3n) is 8.51. The van der Waals surface area contributed by atoms with E-state index in [1.807, 2.05) is 6.92 Å². The Balaban J connectivity index is 1.43. The molecule has 5 rings (SSSR count). The Morgan fingerprint density at radius 1 is 0.867 bits per heavy atom. The van der Waals surface area contributed by atoms with E-state index < -0.39 is 5.60 Å². The highest BCUT2D eigenvalue weighted by Gasteiger charge is 2.64. The molecule has 2 aromatic carbocycles. The first-order valence-corrected chi connectivity index (χ1v) is 11.5. The molecule has 4 unspecified atom stereocenters. The second-order valence-electron chi connectivity index (χ2n) is 12.0. The highest BCUT2D eigenvalue weighted by Crippen LogP contribution is 2.57. The zero-order chi connectivity index (χ0) is 21.5. The smallest absolute Gasteiger partial charge is 0.0949 e. The minimum Gasteiger partial charge on any atom is -0.387 e. The monoisotopic (exact) mass is 404 g/mol. The van der Waals surface area contributed by atoms with Crippen molar-refractivity contribution in [1.82, 2.24) is 0 Å². The lowest BCUT2D eigenvalue weighted by Gasteiger charge is -2.57. The highest BCUT2D eigenvalue weighted by molar-refractivity contribution is 5.43. The first-order chi connectivity index (χ1) is 13.9. The van der Waals surface area contributed by atoms with E-state index in [2.05, 4.69) is 71.0 Å². The molecule has 1 spiro atoms. The lowest BCUT2D eigenvalue weighted by molar-refractivity contribution is -0.282. The summed E-state index contributed by atoms with van der Waals surface area (Å²) in [4.78, 5) is 0. The fourth-order valence-corrected chi connectivity index (χ4v) is 6.37. The Kier molecular flexibility index (Phi) is 4.19. The lowest BCUT2D eigenvalue weighted by atomic mass is 9.59. The van der Waals surface area contributed by atoms with Gasteiger partial charge in [-0.25, -0.2) is 0 Å². The molecule has 1 N–H and O–H groups in total. The van der Waals surface area contributed by atoms with Crippen LogP contribution in [-0.4, -0.2) is 23.4 Å². The number of rotatable bonds is 2. The van der Waals surface area contributed by atoms with Crippen molar-refractivity contribution in [3.8, 4) is 0 Å². The minimum atomic E-state index is -0.868. The summed E-state index contributed by atoms with van der Waals surface area (Å²) in [6, 6.07) is 13.8. The molecule has 2 aliphatic carbocycles. The summed E-state index contributed by atoms with van der Waals surface area (Å²) in [5.74, 6) is 0. The van der Waals surface area contributed by atoms with Crippen LogP contribution in [0.25, 0.3) is 0 Å². The SMILES string of the molecule is Cc1ccc2c(c1)CC(C)(C(C)(O)C1OCC13Cc1ccc(C(C)(C)C)cc1C3)C2. The van der Waals surface area contributed by atoms with Gasteiger partial charge in [-0.3, -0.25) is 0 Å². The van der Waals surface area contributed by atoms with Gasteiger partial charge in [0.15, 0.2) is 0 Å². The van der Waals surface area contributed by atoms with Gasteiger partial charge in [-0.2, -0.15) is 0 Å². The summed E-state index contributed by atoms with van der Waals surface area (Å²) in [6.45, 7) is 14.0. The number of aliphatic hydroxyl groups is 1. The van der Waals surface area contributed by atoms with Gasteiger partial charge in [-0.05, 0) is 72.8 Å². The molecule has 4 atom stereocenters. The summed E-state index contributed by atoms with van der Waals surface area (Å²) in [5, 5.41) is 12.0. The van der Waals surface area contributed by atoms with Crippen LogP contribution in [-0.2, 0) is 35.8 Å². The second-order valence-corrected chi connectivity index (χ2v) is 12.0. The molecular weight excluding hydrogens is 368 g/mol. The number of hydrogen-bond acceptors (Lipinski definition) is 2. The van der Waals surface area contributed by atoms with E-state index in [9.17, 15) is 5.11 Å². The molecule has 2 heteroatoms. The largest absolute Gasteiger partial charge is 0.387 e. The molecule has 1 fully saturated rings. The topological polar surface area (TPSA) is 29.5 Å². The zero-order valence-corrected chi connectivity index (χ0v) is 19.4. The van der Waals surface area contributed by atoms with Gasteiger partial charge in [-0.15, -0.1) is 0 Å². The van der Waals surface area contributed by atoms with E-state index in [0.717, 1.165) is 32.3 Å². The average Bonchev–Trinajstić information content (AvgIpc) is 3.18. The Labute approximate surface area is 181 Å². The van der Waals surface area contributed by atoms with E-state index in [-0.39, 0.29) is 22.3 Å². The normalized spacial score (nSPS) is 31.9. The van der Waals surface area contributed by atoms with Gasteiger partial charge in [0.2, 0.25) is 0 Å². The zero-order valence-electron chi connectivity index (χ0n) is 19.4. The average molecular weight is 405 g/mol. The van der Waals surface area contributed by atoms with Gasteiger partial charge in [0.05, 0.1) is 18.3 Å². The van der Waals surface area contributed by atoms with Crippen LogP contribution < -0.4 is 0 Å². The molecule has 0 bridgehead atoms. The Bertz CT molecular complexity index is 1010. The number of fused-ring (bicyclic) bond motifs is 2. The predicted molar refractivity (Wildman–Crippen MR) is 122 cm³/mol. The number of aryl methyl sites for hydroxylation is 1. The Hall–Kier alpha value is -1.64. The van der Waals surface area contributed by atoms with Crippen molar-refractivity contribution in [2.45, 2.75) is 84.3 Å². The summed E-state index contributed by atoms with van der Waals surface area (Å²) in [7, 11) is 0. The molecule has 1 saturated heterocycles. The number of ether oxygens (including phenoxy) is 1. The summed E-state index contributed by atoms with van der Waals surface area (Å²) in [5.41, 5.74) is 7.52. The quantitative estimate of drug-likeness (QED) is 0.733. The Morgan fingerprint density at radius 2 is 1.47 bits per heavy atom. The predicted octanol–water partition coefficient (Wildman–Crippen LogP) is 5.33. The maximum Gasteiger partial charge on any atom is 0.0949 e. The number of hydrogen-bond donors (Lipinski definition) is 1. The first-order valence-electron chi connectivity index (χ1n) is 11.5. The van der Waals surface area contributed by atoms with Gasteiger partial charge in [0.25, 0.3) is 0 Å². The van der Waals surface area contributed by atoms with Gasteiger partial charge < -0.3 is 9.84 Å². The van der Waals surface area contributed by atoms with E-state index in [1.165, 1.54) is 33.4 Å². The molecular formula is C28H36O2. The van der Waals surface area contributed by atoms with Crippen LogP contribution in [0.5, 0.6) is 0 Å². The van der Waals surface area contributed by atoms with E-state index in [0.29, 0.717) is 0 Å². The van der Waals surface area contributed by atoms with Crippen molar-refractivity contribution in [3.63, 3.8) is 0 Å². The van der Waals surface area contributed by atoms with E-state index in [1.54, 1.807) is 0 Å². The molecule has 160 valence electrons. The second kappa shape index (κ2) is 6.20. The van der Waals surface area contributed by atoms with E-state index in [4.69, 9.17) is 4.74 Å². The van der Waals surface area contributed by atoms with Crippen molar-refractivity contribution in [2.75, 3.05) is 6.61 Å². The van der Waals surface area contributed by atoms with Crippen LogP contribution in [0.3, 0.4) is 0 Å². The highest BCUT2D eigenvalue weighted by atomic mass is 16.5. The van der Waals surface area contributed by atoms with Crippen molar-refractivity contribution in [1.29, 1.82) is 0 Å². The van der Waals surface area contributed by atoms with Crippen LogP contribution in [0.4, 0.5) is 0 Å². The maximum absolute atomic E-state index is 12.0. The van der Waals surface area contributed by atoms with Gasteiger partial charge in [0, 0.05) is 10.8 Å². The molecule has 0 radical (unpaired) electrons. The van der Waals surface area contributed by atoms with Crippen molar-refractivity contribution in [3.05, 3.63) is 69.8 Å². The molecule has 2 aromatic rings. The molecule has 30 heavy (non-hydrogen) atoms. The van der Waals surface area contributed by atoms with Crippen LogP contribution in [0.1, 0.15) is 68.0 Å². The molecule has 0 aromatic heterocycles. The Morgan fingerprint density at radius 3 is 2.13 bits per heavy atom. The van der Waals surface area contributed by atoms with Crippen LogP contribution >= 0.6 is 0 Å². The van der Waals surface area contributed by atoms with Crippen molar-refractivity contribution < 1.29 is 9.84 Å². The third-order valence-corrected chi connectivity index (χ3v) is 8.51. The molecule has 3 aliphatic rings. The van der Waals surface area contributed by atoms with E-state index >= 15 is 0 Å². The molecule has 0 saturated carbocycles. The summed E-state index contributed by atoms with van der Waals surface area (Å²) >= 11 is 0. The standard InChI is InChI=1S/C28H36O2/c1-18-7-8-19-13-26(5,14-21(19)11-18)27(6,29)24-28(17-30-24)15-20-9-10-23(25(2,3)4)12-22(20)16-28/h7-12,24,29H,13-17H2,1-6H3. The molecule has 1 heterocycles. The minimum absolute atomic E-state index is 0.0377. The molecule has 2 nitrogen and oxygen atoms in total. The number of benzene rings is 2. The van der Waals surface area contributed by atoms with Crippen molar-refractivity contribution >= 4 is 0 Å². The fourth-order valence-electron chi connectivity index (χ4n) is 6.37. The maximum atomic E-state index is 12.0. The van der Waals surface area contributed by atoms with Gasteiger partial charge in [-0.1, -0.05) is 69.7 Å². The van der Waals surface area contributed by atoms with Crippen molar-refractivity contribution in [2.24, 2.45) is 10.8 Å². The van der Waals surface area contributed by atoms with Gasteiger partial charge >= 0.3 is 0 Å². The van der Waals surface area contributed by atoms with Gasteiger partial charge in [0.1, 0.15) is 0 Å². The summed E-state index contributed by atoms with van der Waals surface area (Å²) in [6.07, 6.45) is 3.78. The summed E-state index contributed by atoms with van der Waals surface area (Å²) < 4.78 is 6.21. The molecule has 0 amide bonds. The van der Waals surface area contributed by atoms with Crippen LogP contribution in [0.2, 0.25) is 0 Å². The first kappa shape index (κ1) is 20.3.